The molecule has 0 aromatic carbocycles. The van der Waals surface area contributed by atoms with E-state index in [9.17, 15) is 0 Å². The van der Waals surface area contributed by atoms with Gasteiger partial charge in [-0.15, -0.1) is 0 Å². The summed E-state index contributed by atoms with van der Waals surface area (Å²) in [4.78, 5) is 0. The molecule has 0 spiro atoms. The average molecular weight is 417 g/mol. The van der Waals surface area contributed by atoms with E-state index in [1.165, 1.54) is 57.8 Å². The molecule has 4 aliphatic rings. The molecule has 0 radical (unpaired) electrons. The third kappa shape index (κ3) is 5.31. The predicted octanol–water partition coefficient (Wildman–Crippen LogP) is 9.77. The fourth-order valence-corrected chi connectivity index (χ4v) is 8.99. The van der Waals surface area contributed by atoms with Crippen molar-refractivity contribution >= 4 is 0 Å². The highest BCUT2D eigenvalue weighted by Crippen LogP contribution is 2.58. The topological polar surface area (TPSA) is 0 Å². The van der Waals surface area contributed by atoms with Crippen LogP contribution in [0.4, 0.5) is 0 Å². The molecule has 4 saturated carbocycles. The molecule has 176 valence electrons. The molecule has 0 aliphatic heterocycles. The van der Waals surface area contributed by atoms with E-state index in [4.69, 9.17) is 0 Å². The minimum atomic E-state index is 0.977. The van der Waals surface area contributed by atoms with Crippen LogP contribution in [0.15, 0.2) is 0 Å². The van der Waals surface area contributed by atoms with E-state index < -0.39 is 0 Å². The van der Waals surface area contributed by atoms with E-state index >= 15 is 0 Å². The summed E-state index contributed by atoms with van der Waals surface area (Å²) in [6, 6.07) is 0. The van der Waals surface area contributed by atoms with E-state index in [2.05, 4.69) is 41.5 Å². The average Bonchev–Trinajstić information content (AvgIpc) is 3.01. The van der Waals surface area contributed by atoms with Gasteiger partial charge in [0.15, 0.2) is 0 Å². The lowest BCUT2D eigenvalue weighted by atomic mass is 9.73. The first-order chi connectivity index (χ1) is 14.5. The van der Waals surface area contributed by atoms with Gasteiger partial charge in [-0.05, 0) is 91.3 Å². The Balaban J connectivity index is 0.000000806. The molecule has 0 amide bonds. The molecular formula is C30H56. The number of hydrogen-bond donors (Lipinski definition) is 0. The Morgan fingerprint density at radius 3 is 1.23 bits per heavy atom. The van der Waals surface area contributed by atoms with Crippen LogP contribution in [0.3, 0.4) is 0 Å². The van der Waals surface area contributed by atoms with Crippen molar-refractivity contribution in [2.24, 2.45) is 59.2 Å². The molecule has 0 heterocycles. The zero-order chi connectivity index (χ0) is 21.7. The fourth-order valence-electron chi connectivity index (χ4n) is 8.99. The van der Waals surface area contributed by atoms with E-state index in [0.717, 1.165) is 59.2 Å². The first-order valence-corrected chi connectivity index (χ1v) is 14.5. The third-order valence-electron chi connectivity index (χ3n) is 10.7. The van der Waals surface area contributed by atoms with Crippen LogP contribution in [0.1, 0.15) is 131 Å². The Labute approximate surface area is 190 Å². The quantitative estimate of drug-likeness (QED) is 0.420. The molecule has 0 N–H and O–H groups in total. The Hall–Kier alpha value is 0. The van der Waals surface area contributed by atoms with Gasteiger partial charge >= 0.3 is 0 Å². The predicted molar refractivity (Wildman–Crippen MR) is 134 cm³/mol. The third-order valence-corrected chi connectivity index (χ3v) is 10.7. The zero-order valence-electron chi connectivity index (χ0n) is 21.7. The number of hydrogen-bond acceptors (Lipinski definition) is 0. The van der Waals surface area contributed by atoms with Crippen molar-refractivity contribution in [2.75, 3.05) is 0 Å². The van der Waals surface area contributed by atoms with Gasteiger partial charge in [0.05, 0.1) is 0 Å². The van der Waals surface area contributed by atoms with Gasteiger partial charge in [0.2, 0.25) is 0 Å². The minimum absolute atomic E-state index is 0.977. The second-order valence-corrected chi connectivity index (χ2v) is 12.3. The zero-order valence-corrected chi connectivity index (χ0v) is 21.7. The summed E-state index contributed by atoms with van der Waals surface area (Å²) >= 11 is 0. The van der Waals surface area contributed by atoms with Gasteiger partial charge in [0, 0.05) is 0 Å². The summed E-state index contributed by atoms with van der Waals surface area (Å²) < 4.78 is 0. The second-order valence-electron chi connectivity index (χ2n) is 12.3. The van der Waals surface area contributed by atoms with Crippen molar-refractivity contribution < 1.29 is 0 Å². The highest BCUT2D eigenvalue weighted by Gasteiger charge is 2.50. The Morgan fingerprint density at radius 1 is 0.433 bits per heavy atom. The van der Waals surface area contributed by atoms with Crippen molar-refractivity contribution in [3.05, 3.63) is 0 Å². The van der Waals surface area contributed by atoms with Gasteiger partial charge in [0.25, 0.3) is 0 Å². The first-order valence-electron chi connectivity index (χ1n) is 14.5. The van der Waals surface area contributed by atoms with Gasteiger partial charge in [-0.25, -0.2) is 0 Å². The van der Waals surface area contributed by atoms with Gasteiger partial charge in [0.1, 0.15) is 0 Å². The molecule has 0 saturated heterocycles. The maximum atomic E-state index is 2.67. The molecular weight excluding hydrogens is 360 g/mol. The smallest absolute Gasteiger partial charge is 0.0352 e. The Morgan fingerprint density at radius 2 is 0.800 bits per heavy atom. The van der Waals surface area contributed by atoms with Crippen molar-refractivity contribution in [2.45, 2.75) is 131 Å². The van der Waals surface area contributed by atoms with Crippen LogP contribution >= 0.6 is 0 Å². The van der Waals surface area contributed by atoms with Gasteiger partial charge in [-0.2, -0.15) is 0 Å². The summed E-state index contributed by atoms with van der Waals surface area (Å²) in [6.07, 6.45) is 21.2. The SMILES string of the molecule is CC1C(CC2C(C)C(C)C3CCCCCCC32)C(C)C2CCCCCCC12.CCC. The van der Waals surface area contributed by atoms with Crippen LogP contribution in [0.2, 0.25) is 0 Å². The van der Waals surface area contributed by atoms with Gasteiger partial charge in [-0.1, -0.05) is 99.3 Å². The number of rotatable bonds is 2. The van der Waals surface area contributed by atoms with Crippen LogP contribution in [0.25, 0.3) is 0 Å². The molecule has 0 bridgehead atoms. The summed E-state index contributed by atoms with van der Waals surface area (Å²) in [5.74, 6) is 10.3. The first kappa shape index (κ1) is 24.6. The maximum absolute atomic E-state index is 2.67. The van der Waals surface area contributed by atoms with Crippen LogP contribution in [-0.4, -0.2) is 0 Å². The lowest BCUT2D eigenvalue weighted by molar-refractivity contribution is 0.167. The maximum Gasteiger partial charge on any atom is -0.0352 e. The van der Waals surface area contributed by atoms with Gasteiger partial charge in [-0.3, -0.25) is 0 Å². The fraction of sp³-hybridized carbons (Fsp3) is 1.00. The molecule has 4 rings (SSSR count). The van der Waals surface area contributed by atoms with Crippen LogP contribution in [0, 0.1) is 59.2 Å². The highest BCUT2D eigenvalue weighted by atomic mass is 14.6. The summed E-state index contributed by atoms with van der Waals surface area (Å²) in [5.41, 5.74) is 0. The summed E-state index contributed by atoms with van der Waals surface area (Å²) in [6.45, 7) is 14.9. The molecule has 4 aliphatic carbocycles. The van der Waals surface area contributed by atoms with Crippen molar-refractivity contribution in [3.63, 3.8) is 0 Å². The van der Waals surface area contributed by atoms with E-state index in [1.807, 2.05) is 0 Å². The van der Waals surface area contributed by atoms with E-state index in [1.54, 1.807) is 32.1 Å². The van der Waals surface area contributed by atoms with E-state index in [-0.39, 0.29) is 0 Å². The lowest BCUT2D eigenvalue weighted by Gasteiger charge is -2.33. The van der Waals surface area contributed by atoms with Crippen molar-refractivity contribution in [1.29, 1.82) is 0 Å². The molecule has 0 nitrogen and oxygen atoms in total. The monoisotopic (exact) mass is 416 g/mol. The normalized spacial score (nSPS) is 47.0. The Bertz CT molecular complexity index is 460. The van der Waals surface area contributed by atoms with Crippen molar-refractivity contribution in [3.8, 4) is 0 Å². The summed E-state index contributed by atoms with van der Waals surface area (Å²) in [7, 11) is 0. The number of fused-ring (bicyclic) bond motifs is 2. The highest BCUT2D eigenvalue weighted by molar-refractivity contribution is 4.99. The van der Waals surface area contributed by atoms with E-state index in [0.29, 0.717) is 0 Å². The van der Waals surface area contributed by atoms with Gasteiger partial charge < -0.3 is 0 Å². The lowest BCUT2D eigenvalue weighted by Crippen LogP contribution is -2.25. The van der Waals surface area contributed by atoms with Crippen LogP contribution in [-0.2, 0) is 0 Å². The van der Waals surface area contributed by atoms with Crippen molar-refractivity contribution in [1.82, 2.24) is 0 Å². The molecule has 9 atom stereocenters. The Kier molecular flexibility index (Phi) is 9.65. The molecule has 4 fully saturated rings. The second kappa shape index (κ2) is 11.7. The summed E-state index contributed by atoms with van der Waals surface area (Å²) in [5, 5.41) is 0. The van der Waals surface area contributed by atoms with Crippen LogP contribution < -0.4 is 0 Å². The standard InChI is InChI=1S/C27H48.C3H8/c1-18-19(2)27(25-16-12-8-7-9-13-22(18)25)17-26-20(3)23-14-10-5-6-11-15-24(23)21(26)4;1-3-2/h18-27H,5-17H2,1-4H3;3H2,1-2H3. The van der Waals surface area contributed by atoms with Crippen LogP contribution in [0.5, 0.6) is 0 Å². The minimum Gasteiger partial charge on any atom is -0.0656 e. The molecule has 0 aromatic heterocycles. The molecule has 0 aromatic rings. The molecule has 9 unspecified atom stereocenters. The molecule has 0 heteroatoms. The molecule has 30 heavy (non-hydrogen) atoms. The largest absolute Gasteiger partial charge is 0.0656 e.